The topological polar surface area (TPSA) is 58.6 Å². The van der Waals surface area contributed by atoms with Crippen LogP contribution >= 0.6 is 22.6 Å². The van der Waals surface area contributed by atoms with Crippen molar-refractivity contribution in [2.24, 2.45) is 0 Å². The number of rotatable bonds is 8. The molecule has 1 saturated carbocycles. The Balaban J connectivity index is 1.71. The number of hydrogen-bond donors (Lipinski definition) is 1. The van der Waals surface area contributed by atoms with Crippen LogP contribution in [0.15, 0.2) is 48.5 Å². The van der Waals surface area contributed by atoms with Gasteiger partial charge >= 0.3 is 0 Å². The summed E-state index contributed by atoms with van der Waals surface area (Å²) in [4.78, 5) is 27.3. The minimum Gasteiger partial charge on any atom is -0.484 e. The third-order valence-electron chi connectivity index (χ3n) is 5.59. The van der Waals surface area contributed by atoms with Gasteiger partial charge in [0.15, 0.2) is 6.61 Å². The number of carbonyl (C=O) groups excluding carboxylic acids is 2. The molecule has 1 unspecified atom stereocenters. The lowest BCUT2D eigenvalue weighted by atomic mass is 9.95. The molecule has 0 aromatic heterocycles. The van der Waals surface area contributed by atoms with Crippen molar-refractivity contribution < 1.29 is 18.7 Å². The molecule has 5 nitrogen and oxygen atoms in total. The molecular formula is C24H28FIN2O3. The van der Waals surface area contributed by atoms with Crippen molar-refractivity contribution in [1.29, 1.82) is 0 Å². The van der Waals surface area contributed by atoms with Gasteiger partial charge in [-0.1, -0.05) is 37.5 Å². The molecule has 2 amide bonds. The van der Waals surface area contributed by atoms with Gasteiger partial charge < -0.3 is 15.0 Å². The molecule has 7 heteroatoms. The summed E-state index contributed by atoms with van der Waals surface area (Å²) in [5, 5.41) is 3.07. The number of hydrogen-bond acceptors (Lipinski definition) is 3. The van der Waals surface area contributed by atoms with E-state index in [9.17, 15) is 14.0 Å². The summed E-state index contributed by atoms with van der Waals surface area (Å²) >= 11 is 2.19. The standard InChI is InChI=1S/C24H28FIN2O3/c1-17(24(30)27-20-8-3-2-4-9-20)28(15-18-7-5-6-10-22(18)25)23(29)16-31-21-13-11-19(26)12-14-21/h5-7,10-14,17,20H,2-4,8-9,15-16H2,1H3,(H,27,30). The fourth-order valence-corrected chi connectivity index (χ4v) is 4.08. The fourth-order valence-electron chi connectivity index (χ4n) is 3.72. The molecule has 0 heterocycles. The second-order valence-electron chi connectivity index (χ2n) is 7.88. The van der Waals surface area contributed by atoms with Crippen LogP contribution in [0.2, 0.25) is 0 Å². The zero-order valence-electron chi connectivity index (χ0n) is 17.7. The maximum atomic E-state index is 14.3. The number of ether oxygens (including phenoxy) is 1. The summed E-state index contributed by atoms with van der Waals surface area (Å²) in [5.41, 5.74) is 0.363. The van der Waals surface area contributed by atoms with Gasteiger partial charge in [0.25, 0.3) is 5.91 Å². The normalized spacial score (nSPS) is 15.2. The summed E-state index contributed by atoms with van der Waals surface area (Å²) in [6.45, 7) is 1.46. The van der Waals surface area contributed by atoms with Crippen LogP contribution in [0, 0.1) is 9.39 Å². The molecule has 0 spiro atoms. The van der Waals surface area contributed by atoms with Crippen LogP contribution < -0.4 is 10.1 Å². The number of amides is 2. The van der Waals surface area contributed by atoms with E-state index >= 15 is 0 Å². The van der Waals surface area contributed by atoms with Crippen molar-refractivity contribution in [2.75, 3.05) is 6.61 Å². The van der Waals surface area contributed by atoms with Crippen molar-refractivity contribution in [2.45, 2.75) is 57.7 Å². The van der Waals surface area contributed by atoms with E-state index in [-0.39, 0.29) is 31.0 Å². The van der Waals surface area contributed by atoms with Crippen molar-refractivity contribution in [3.05, 3.63) is 63.5 Å². The largest absolute Gasteiger partial charge is 0.484 e. The Bertz CT molecular complexity index is 885. The van der Waals surface area contributed by atoms with Crippen molar-refractivity contribution in [3.63, 3.8) is 0 Å². The number of benzene rings is 2. The van der Waals surface area contributed by atoms with Gasteiger partial charge in [0.2, 0.25) is 5.91 Å². The maximum absolute atomic E-state index is 14.3. The number of nitrogens with zero attached hydrogens (tertiary/aromatic N) is 1. The van der Waals surface area contributed by atoms with Gasteiger partial charge in [-0.25, -0.2) is 4.39 Å². The van der Waals surface area contributed by atoms with E-state index in [1.54, 1.807) is 37.3 Å². The predicted octanol–water partition coefficient (Wildman–Crippen LogP) is 4.68. The van der Waals surface area contributed by atoms with Crippen molar-refractivity contribution >= 4 is 34.4 Å². The molecule has 1 N–H and O–H groups in total. The quantitative estimate of drug-likeness (QED) is 0.497. The molecule has 0 saturated heterocycles. The first-order valence-corrected chi connectivity index (χ1v) is 11.7. The highest BCUT2D eigenvalue weighted by Crippen LogP contribution is 2.19. The van der Waals surface area contributed by atoms with E-state index in [4.69, 9.17) is 4.74 Å². The van der Waals surface area contributed by atoms with Gasteiger partial charge in [0.05, 0.1) is 0 Å². The second-order valence-corrected chi connectivity index (χ2v) is 9.12. The molecule has 1 aliphatic rings. The Morgan fingerprint density at radius 1 is 1.13 bits per heavy atom. The fraction of sp³-hybridized carbons (Fsp3) is 0.417. The minimum absolute atomic E-state index is 0.000802. The van der Waals surface area contributed by atoms with Gasteiger partial charge in [-0.2, -0.15) is 0 Å². The molecule has 31 heavy (non-hydrogen) atoms. The average Bonchev–Trinajstić information content (AvgIpc) is 2.78. The van der Waals surface area contributed by atoms with Crippen molar-refractivity contribution in [3.8, 4) is 5.75 Å². The van der Waals surface area contributed by atoms with Gasteiger partial charge in [0, 0.05) is 21.7 Å². The lowest BCUT2D eigenvalue weighted by Crippen LogP contribution is -2.51. The average molecular weight is 538 g/mol. The SMILES string of the molecule is CC(C(=O)NC1CCCCC1)N(Cc1ccccc1F)C(=O)COc1ccc(I)cc1. The monoisotopic (exact) mass is 538 g/mol. The zero-order chi connectivity index (χ0) is 22.2. The Morgan fingerprint density at radius 2 is 1.81 bits per heavy atom. The summed E-state index contributed by atoms with van der Waals surface area (Å²) in [7, 11) is 0. The molecule has 0 aliphatic heterocycles. The van der Waals surface area contributed by atoms with Crippen molar-refractivity contribution in [1.82, 2.24) is 10.2 Å². The Morgan fingerprint density at radius 3 is 2.48 bits per heavy atom. The van der Waals surface area contributed by atoms with E-state index in [1.807, 2.05) is 12.1 Å². The van der Waals surface area contributed by atoms with Crippen LogP contribution in [0.3, 0.4) is 0 Å². The summed E-state index contributed by atoms with van der Waals surface area (Å²) < 4.78 is 21.0. The Kier molecular flexibility index (Phi) is 8.69. The Labute approximate surface area is 196 Å². The molecule has 2 aromatic carbocycles. The van der Waals surface area contributed by atoms with E-state index in [2.05, 4.69) is 27.9 Å². The predicted molar refractivity (Wildman–Crippen MR) is 126 cm³/mol. The van der Waals surface area contributed by atoms with E-state index in [1.165, 1.54) is 17.4 Å². The number of carbonyl (C=O) groups is 2. The van der Waals surface area contributed by atoms with Crippen LogP contribution in [0.25, 0.3) is 0 Å². The van der Waals surface area contributed by atoms with E-state index in [0.29, 0.717) is 11.3 Å². The van der Waals surface area contributed by atoms with Crippen LogP contribution in [0.4, 0.5) is 4.39 Å². The molecule has 166 valence electrons. The van der Waals surface area contributed by atoms with Crippen LogP contribution in [-0.2, 0) is 16.1 Å². The van der Waals surface area contributed by atoms with E-state index in [0.717, 1.165) is 29.3 Å². The minimum atomic E-state index is -0.741. The summed E-state index contributed by atoms with van der Waals surface area (Å²) in [5.74, 6) is -0.420. The summed E-state index contributed by atoms with van der Waals surface area (Å²) in [6.07, 6.45) is 5.29. The maximum Gasteiger partial charge on any atom is 0.261 e. The molecule has 2 aromatic rings. The lowest BCUT2D eigenvalue weighted by molar-refractivity contribution is -0.142. The first-order chi connectivity index (χ1) is 14.9. The third-order valence-corrected chi connectivity index (χ3v) is 6.31. The van der Waals surface area contributed by atoms with Gasteiger partial charge in [0.1, 0.15) is 17.6 Å². The molecular weight excluding hydrogens is 510 g/mol. The third kappa shape index (κ3) is 6.92. The molecule has 1 atom stereocenters. The number of halogens is 2. The Hall–Kier alpha value is -2.16. The van der Waals surface area contributed by atoms with E-state index < -0.39 is 11.9 Å². The highest BCUT2D eigenvalue weighted by Gasteiger charge is 2.29. The molecule has 0 bridgehead atoms. The second kappa shape index (κ2) is 11.5. The smallest absolute Gasteiger partial charge is 0.261 e. The molecule has 0 radical (unpaired) electrons. The van der Waals surface area contributed by atoms with Crippen LogP contribution in [0.5, 0.6) is 5.75 Å². The molecule has 3 rings (SSSR count). The molecule has 1 fully saturated rings. The highest BCUT2D eigenvalue weighted by atomic mass is 127. The van der Waals surface area contributed by atoms with Gasteiger partial charge in [-0.05, 0) is 72.7 Å². The van der Waals surface area contributed by atoms with Gasteiger partial charge in [-0.15, -0.1) is 0 Å². The first kappa shape index (κ1) is 23.5. The molecule has 1 aliphatic carbocycles. The zero-order valence-corrected chi connectivity index (χ0v) is 19.8. The highest BCUT2D eigenvalue weighted by molar-refractivity contribution is 14.1. The number of nitrogens with one attached hydrogen (secondary N) is 1. The van der Waals surface area contributed by atoms with Gasteiger partial charge in [-0.3, -0.25) is 9.59 Å². The first-order valence-electron chi connectivity index (χ1n) is 10.7. The lowest BCUT2D eigenvalue weighted by Gasteiger charge is -2.31. The van der Waals surface area contributed by atoms with Crippen LogP contribution in [-0.4, -0.2) is 35.4 Å². The summed E-state index contributed by atoms with van der Waals surface area (Å²) in [6, 6.07) is 13.0. The van der Waals surface area contributed by atoms with Crippen LogP contribution in [0.1, 0.15) is 44.6 Å².